The number of rotatable bonds is 3. The maximum atomic E-state index is 13.0. The lowest BCUT2D eigenvalue weighted by Gasteiger charge is -2.07. The Morgan fingerprint density at radius 2 is 1.67 bits per heavy atom. The maximum absolute atomic E-state index is 13.0. The largest absolute Gasteiger partial charge is 0.381 e. The van der Waals surface area contributed by atoms with Gasteiger partial charge in [0.1, 0.15) is 0 Å². The van der Waals surface area contributed by atoms with Crippen molar-refractivity contribution in [3.05, 3.63) is 63.9 Å². The third kappa shape index (κ3) is 3.04. The zero-order chi connectivity index (χ0) is 13.1. The molecule has 0 fully saturated rings. The van der Waals surface area contributed by atoms with Crippen LogP contribution in [0.15, 0.2) is 40.9 Å². The highest BCUT2D eigenvalue weighted by Gasteiger charge is 2.10. The van der Waals surface area contributed by atoms with Gasteiger partial charge < -0.3 is 5.32 Å². The van der Waals surface area contributed by atoms with Crippen molar-refractivity contribution in [2.24, 2.45) is 0 Å². The Bertz CT molecular complexity index is 549. The summed E-state index contributed by atoms with van der Waals surface area (Å²) >= 11 is 3.31. The van der Waals surface area contributed by atoms with E-state index in [4.69, 9.17) is 0 Å². The number of hydrogen-bond acceptors (Lipinski definition) is 1. The quantitative estimate of drug-likeness (QED) is 0.823. The van der Waals surface area contributed by atoms with Crippen LogP contribution in [0.5, 0.6) is 0 Å². The number of halogens is 4. The van der Waals surface area contributed by atoms with Gasteiger partial charge in [-0.05, 0) is 35.9 Å². The Labute approximate surface area is 111 Å². The van der Waals surface area contributed by atoms with Crippen LogP contribution >= 0.6 is 15.9 Å². The van der Waals surface area contributed by atoms with Gasteiger partial charge in [-0.1, -0.05) is 22.0 Å². The molecule has 1 nitrogen and oxygen atoms in total. The summed E-state index contributed by atoms with van der Waals surface area (Å²) in [5.41, 5.74) is 1.14. The monoisotopic (exact) mass is 315 g/mol. The van der Waals surface area contributed by atoms with E-state index in [1.807, 2.05) is 24.3 Å². The van der Waals surface area contributed by atoms with Crippen molar-refractivity contribution in [2.45, 2.75) is 6.54 Å². The Hall–Kier alpha value is -1.49. The molecule has 0 aliphatic carbocycles. The fraction of sp³-hybridized carbons (Fsp3) is 0.0769. The molecular weight excluding hydrogens is 307 g/mol. The summed E-state index contributed by atoms with van der Waals surface area (Å²) in [5, 5.41) is 2.99. The van der Waals surface area contributed by atoms with Gasteiger partial charge in [0.2, 0.25) is 0 Å². The molecule has 0 heterocycles. The zero-order valence-corrected chi connectivity index (χ0v) is 10.8. The van der Waals surface area contributed by atoms with Gasteiger partial charge in [-0.25, -0.2) is 13.2 Å². The third-order valence-electron chi connectivity index (χ3n) is 2.36. The van der Waals surface area contributed by atoms with Crippen LogP contribution in [-0.2, 0) is 6.54 Å². The second kappa shape index (κ2) is 5.44. The smallest absolute Gasteiger partial charge is 0.194 e. The number of anilines is 1. The number of benzene rings is 2. The topological polar surface area (TPSA) is 12.0 Å². The van der Waals surface area contributed by atoms with Crippen molar-refractivity contribution in [3.8, 4) is 0 Å². The summed E-state index contributed by atoms with van der Waals surface area (Å²) in [6.45, 7) is 0.213. The van der Waals surface area contributed by atoms with Gasteiger partial charge in [-0.3, -0.25) is 0 Å². The van der Waals surface area contributed by atoms with E-state index < -0.39 is 17.5 Å². The van der Waals surface area contributed by atoms with Gasteiger partial charge in [0.15, 0.2) is 17.5 Å². The van der Waals surface area contributed by atoms with Gasteiger partial charge in [0.25, 0.3) is 0 Å². The molecule has 2 aromatic rings. The molecule has 0 radical (unpaired) electrons. The third-order valence-corrected chi connectivity index (χ3v) is 2.86. The van der Waals surface area contributed by atoms with E-state index in [1.165, 1.54) is 0 Å². The van der Waals surface area contributed by atoms with Crippen LogP contribution in [0.4, 0.5) is 18.9 Å². The molecule has 0 unspecified atom stereocenters. The summed E-state index contributed by atoms with van der Waals surface area (Å²) in [4.78, 5) is 0. The fourth-order valence-electron chi connectivity index (χ4n) is 1.51. The molecule has 0 saturated carbocycles. The standard InChI is InChI=1S/C13H9BrF3N/c14-9-2-1-3-10(6-9)18-7-8-4-11(15)13(17)12(16)5-8/h1-6,18H,7H2. The van der Waals surface area contributed by atoms with Gasteiger partial charge in [0, 0.05) is 16.7 Å². The first-order valence-electron chi connectivity index (χ1n) is 5.19. The lowest BCUT2D eigenvalue weighted by molar-refractivity contribution is 0.445. The Morgan fingerprint density at radius 1 is 1.00 bits per heavy atom. The van der Waals surface area contributed by atoms with Crippen LogP contribution in [0.3, 0.4) is 0 Å². The molecule has 5 heteroatoms. The molecule has 0 spiro atoms. The van der Waals surface area contributed by atoms with Crippen molar-refractivity contribution in [1.82, 2.24) is 0 Å². The molecule has 18 heavy (non-hydrogen) atoms. The Kier molecular flexibility index (Phi) is 3.91. The normalized spacial score (nSPS) is 10.4. The average molecular weight is 316 g/mol. The molecule has 0 aliphatic heterocycles. The molecule has 0 aromatic heterocycles. The molecule has 0 amide bonds. The SMILES string of the molecule is Fc1cc(CNc2cccc(Br)c2)cc(F)c1F. The first-order chi connectivity index (χ1) is 8.56. The van der Waals surface area contributed by atoms with E-state index in [1.54, 1.807) is 0 Å². The number of hydrogen-bond donors (Lipinski definition) is 1. The second-order valence-electron chi connectivity index (χ2n) is 3.74. The minimum atomic E-state index is -1.44. The molecular formula is C13H9BrF3N. The second-order valence-corrected chi connectivity index (χ2v) is 4.65. The highest BCUT2D eigenvalue weighted by Crippen LogP contribution is 2.18. The van der Waals surface area contributed by atoms with E-state index in [0.717, 1.165) is 22.3 Å². The van der Waals surface area contributed by atoms with E-state index in [0.29, 0.717) is 5.56 Å². The van der Waals surface area contributed by atoms with Crippen molar-refractivity contribution in [3.63, 3.8) is 0 Å². The minimum absolute atomic E-state index is 0.213. The molecule has 0 bridgehead atoms. The van der Waals surface area contributed by atoms with E-state index in [9.17, 15) is 13.2 Å². The van der Waals surface area contributed by atoms with Crippen LogP contribution in [0.1, 0.15) is 5.56 Å². The van der Waals surface area contributed by atoms with Crippen LogP contribution in [0.25, 0.3) is 0 Å². The Morgan fingerprint density at radius 3 is 2.28 bits per heavy atom. The van der Waals surface area contributed by atoms with Crippen molar-refractivity contribution < 1.29 is 13.2 Å². The maximum Gasteiger partial charge on any atom is 0.194 e. The average Bonchev–Trinajstić information content (AvgIpc) is 2.33. The first kappa shape index (κ1) is 13.0. The predicted octanol–water partition coefficient (Wildman–Crippen LogP) is 4.48. The van der Waals surface area contributed by atoms with Crippen LogP contribution in [0, 0.1) is 17.5 Å². The molecule has 94 valence electrons. The van der Waals surface area contributed by atoms with E-state index >= 15 is 0 Å². The summed E-state index contributed by atoms with van der Waals surface area (Å²) in [5.74, 6) is -3.80. The van der Waals surface area contributed by atoms with Gasteiger partial charge in [-0.2, -0.15) is 0 Å². The van der Waals surface area contributed by atoms with Crippen LogP contribution < -0.4 is 5.32 Å². The lowest BCUT2D eigenvalue weighted by Crippen LogP contribution is -2.02. The summed E-state index contributed by atoms with van der Waals surface area (Å²) in [6, 6.07) is 9.30. The lowest BCUT2D eigenvalue weighted by atomic mass is 10.2. The summed E-state index contributed by atoms with van der Waals surface area (Å²) < 4.78 is 39.6. The number of nitrogens with one attached hydrogen (secondary N) is 1. The molecule has 0 saturated heterocycles. The van der Waals surface area contributed by atoms with Crippen LogP contribution in [0.2, 0.25) is 0 Å². The molecule has 2 aromatic carbocycles. The highest BCUT2D eigenvalue weighted by molar-refractivity contribution is 9.10. The molecule has 0 aliphatic rings. The highest BCUT2D eigenvalue weighted by atomic mass is 79.9. The van der Waals surface area contributed by atoms with Crippen molar-refractivity contribution in [1.29, 1.82) is 0 Å². The predicted molar refractivity (Wildman–Crippen MR) is 67.8 cm³/mol. The van der Waals surface area contributed by atoms with Gasteiger partial charge >= 0.3 is 0 Å². The van der Waals surface area contributed by atoms with Crippen molar-refractivity contribution in [2.75, 3.05) is 5.32 Å². The van der Waals surface area contributed by atoms with E-state index in [-0.39, 0.29) is 6.54 Å². The fourth-order valence-corrected chi connectivity index (χ4v) is 1.91. The summed E-state index contributed by atoms with van der Waals surface area (Å²) in [6.07, 6.45) is 0. The van der Waals surface area contributed by atoms with Gasteiger partial charge in [-0.15, -0.1) is 0 Å². The Balaban J connectivity index is 2.11. The van der Waals surface area contributed by atoms with Gasteiger partial charge in [0.05, 0.1) is 0 Å². The molecule has 1 N–H and O–H groups in total. The molecule has 0 atom stereocenters. The zero-order valence-electron chi connectivity index (χ0n) is 9.18. The van der Waals surface area contributed by atoms with E-state index in [2.05, 4.69) is 21.2 Å². The van der Waals surface area contributed by atoms with Crippen LogP contribution in [-0.4, -0.2) is 0 Å². The summed E-state index contributed by atoms with van der Waals surface area (Å²) in [7, 11) is 0. The van der Waals surface area contributed by atoms with Crippen molar-refractivity contribution >= 4 is 21.6 Å². The molecule has 2 rings (SSSR count). The minimum Gasteiger partial charge on any atom is -0.381 e. The first-order valence-corrected chi connectivity index (χ1v) is 5.98.